The van der Waals surface area contributed by atoms with Gasteiger partial charge in [0.05, 0.1) is 25.0 Å². The number of rotatable bonds is 6. The Morgan fingerprint density at radius 3 is 2.25 bits per heavy atom. The van der Waals surface area contributed by atoms with Crippen molar-refractivity contribution < 1.29 is 27.4 Å². The van der Waals surface area contributed by atoms with E-state index in [2.05, 4.69) is 0 Å². The van der Waals surface area contributed by atoms with Gasteiger partial charge in [-0.3, -0.25) is 4.79 Å². The van der Waals surface area contributed by atoms with Crippen LogP contribution < -0.4 is 14.2 Å². The fraction of sp³-hybridized carbons (Fsp3) is 0.292. The molecule has 0 N–H and O–H groups in total. The monoisotopic (exact) mass is 455 g/mol. The number of fused-ring (bicyclic) bond motifs is 1. The molecule has 0 aliphatic carbocycles. The second-order valence-electron chi connectivity index (χ2n) is 7.63. The molecule has 0 saturated carbocycles. The molecule has 0 radical (unpaired) electrons. The number of sulfonamides is 1. The highest BCUT2D eigenvalue weighted by atomic mass is 32.2. The van der Waals surface area contributed by atoms with Crippen molar-refractivity contribution in [3.63, 3.8) is 0 Å². The first kappa shape index (κ1) is 22.1. The van der Waals surface area contributed by atoms with Gasteiger partial charge in [-0.15, -0.1) is 0 Å². The predicted molar refractivity (Wildman–Crippen MR) is 121 cm³/mol. The van der Waals surface area contributed by atoms with Crippen LogP contribution in [0.5, 0.6) is 17.2 Å². The smallest absolute Gasteiger partial charge is 0.314 e. The molecule has 1 fully saturated rings. The van der Waals surface area contributed by atoms with Crippen LogP contribution in [0.25, 0.3) is 10.8 Å². The number of ether oxygens (including phenoxy) is 3. The summed E-state index contributed by atoms with van der Waals surface area (Å²) in [4.78, 5) is 12.8. The normalized spacial score (nSPS) is 15.4. The lowest BCUT2D eigenvalue weighted by Crippen LogP contribution is -2.41. The molecule has 168 valence electrons. The third-order valence-corrected chi connectivity index (χ3v) is 7.61. The summed E-state index contributed by atoms with van der Waals surface area (Å²) < 4.78 is 43.5. The minimum Gasteiger partial charge on any atom is -0.493 e. The topological polar surface area (TPSA) is 82.1 Å². The summed E-state index contributed by atoms with van der Waals surface area (Å²) in [5.74, 6) is 0.625. The Hall–Kier alpha value is -3.10. The second kappa shape index (κ2) is 9.18. The first-order chi connectivity index (χ1) is 15.4. The third kappa shape index (κ3) is 4.42. The van der Waals surface area contributed by atoms with Crippen LogP contribution in [-0.2, 0) is 14.8 Å². The summed E-state index contributed by atoms with van der Waals surface area (Å²) in [5, 5.41) is 2.06. The van der Waals surface area contributed by atoms with Crippen molar-refractivity contribution in [2.45, 2.75) is 17.7 Å². The van der Waals surface area contributed by atoms with Gasteiger partial charge in [0.15, 0.2) is 11.5 Å². The average Bonchev–Trinajstić information content (AvgIpc) is 2.83. The first-order valence-electron chi connectivity index (χ1n) is 10.3. The van der Waals surface area contributed by atoms with Crippen molar-refractivity contribution in [3.8, 4) is 17.2 Å². The van der Waals surface area contributed by atoms with Gasteiger partial charge in [-0.1, -0.05) is 30.3 Å². The van der Waals surface area contributed by atoms with E-state index in [1.54, 1.807) is 12.1 Å². The van der Waals surface area contributed by atoms with Crippen LogP contribution in [0.15, 0.2) is 65.6 Å². The van der Waals surface area contributed by atoms with Crippen LogP contribution in [-0.4, -0.2) is 46.0 Å². The Bertz CT molecular complexity index is 1230. The molecule has 0 atom stereocenters. The van der Waals surface area contributed by atoms with Gasteiger partial charge in [0.25, 0.3) is 0 Å². The summed E-state index contributed by atoms with van der Waals surface area (Å²) >= 11 is 0. The number of carbonyl (C=O) groups excluding carboxylic acids is 1. The van der Waals surface area contributed by atoms with E-state index in [-0.39, 0.29) is 29.9 Å². The molecular formula is C24H25NO6S. The number of hydrogen-bond acceptors (Lipinski definition) is 6. The van der Waals surface area contributed by atoms with Crippen molar-refractivity contribution in [2.24, 2.45) is 5.92 Å². The second-order valence-corrected chi connectivity index (χ2v) is 9.56. The van der Waals surface area contributed by atoms with Gasteiger partial charge in [0.1, 0.15) is 5.75 Å². The largest absolute Gasteiger partial charge is 0.493 e. The van der Waals surface area contributed by atoms with E-state index in [0.29, 0.717) is 30.1 Å². The number of nitrogens with zero attached hydrogens (tertiary/aromatic N) is 1. The fourth-order valence-corrected chi connectivity index (χ4v) is 5.37. The van der Waals surface area contributed by atoms with Crippen molar-refractivity contribution in [1.29, 1.82) is 0 Å². The van der Waals surface area contributed by atoms with Gasteiger partial charge in [-0.25, -0.2) is 8.42 Å². The van der Waals surface area contributed by atoms with Gasteiger partial charge in [0.2, 0.25) is 10.0 Å². The highest BCUT2D eigenvalue weighted by molar-refractivity contribution is 7.89. The number of hydrogen-bond donors (Lipinski definition) is 0. The molecular weight excluding hydrogens is 430 g/mol. The van der Waals surface area contributed by atoms with E-state index in [1.165, 1.54) is 30.7 Å². The van der Waals surface area contributed by atoms with Crippen molar-refractivity contribution in [2.75, 3.05) is 27.3 Å². The maximum absolute atomic E-state index is 13.1. The first-order valence-corrected chi connectivity index (χ1v) is 11.8. The van der Waals surface area contributed by atoms with E-state index in [0.717, 1.165) is 10.8 Å². The average molecular weight is 456 g/mol. The summed E-state index contributed by atoms with van der Waals surface area (Å²) in [6.07, 6.45) is 0.803. The van der Waals surface area contributed by atoms with Crippen LogP contribution in [0.1, 0.15) is 12.8 Å². The highest BCUT2D eigenvalue weighted by Gasteiger charge is 2.33. The molecule has 0 bridgehead atoms. The lowest BCUT2D eigenvalue weighted by molar-refractivity contribution is -0.140. The molecule has 0 aromatic heterocycles. The SMILES string of the molecule is COc1ccc(S(=O)(=O)N2CCC(C(=O)Oc3ccc4ccccc4c3)CC2)cc1OC. The zero-order valence-electron chi connectivity index (χ0n) is 18.0. The lowest BCUT2D eigenvalue weighted by atomic mass is 9.98. The van der Waals surface area contributed by atoms with Crippen LogP contribution in [0.4, 0.5) is 0 Å². The summed E-state index contributed by atoms with van der Waals surface area (Å²) in [5.41, 5.74) is 0. The van der Waals surface area contributed by atoms with Crippen LogP contribution in [0, 0.1) is 5.92 Å². The van der Waals surface area contributed by atoms with Crippen LogP contribution in [0.2, 0.25) is 0 Å². The zero-order valence-corrected chi connectivity index (χ0v) is 18.8. The molecule has 32 heavy (non-hydrogen) atoms. The Morgan fingerprint density at radius 2 is 1.56 bits per heavy atom. The van der Waals surface area contributed by atoms with E-state index >= 15 is 0 Å². The van der Waals surface area contributed by atoms with Gasteiger partial charge in [0, 0.05) is 19.2 Å². The van der Waals surface area contributed by atoms with Crippen LogP contribution >= 0.6 is 0 Å². The minimum atomic E-state index is -3.71. The summed E-state index contributed by atoms with van der Waals surface area (Å²) in [7, 11) is -0.753. The molecule has 1 heterocycles. The molecule has 3 aromatic rings. The number of carbonyl (C=O) groups is 1. The Morgan fingerprint density at radius 1 is 0.875 bits per heavy atom. The van der Waals surface area contributed by atoms with Crippen molar-refractivity contribution >= 4 is 26.8 Å². The molecule has 0 spiro atoms. The van der Waals surface area contributed by atoms with Crippen molar-refractivity contribution in [1.82, 2.24) is 4.31 Å². The molecule has 4 rings (SSSR count). The Labute approximate surface area is 187 Å². The molecule has 0 amide bonds. The number of esters is 1. The van der Waals surface area contributed by atoms with E-state index in [9.17, 15) is 13.2 Å². The highest BCUT2D eigenvalue weighted by Crippen LogP contribution is 2.32. The van der Waals surface area contributed by atoms with Gasteiger partial charge >= 0.3 is 5.97 Å². The fourth-order valence-electron chi connectivity index (χ4n) is 3.89. The minimum absolute atomic E-state index is 0.132. The van der Waals surface area contributed by atoms with Gasteiger partial charge in [-0.05, 0) is 47.9 Å². The van der Waals surface area contributed by atoms with Gasteiger partial charge in [-0.2, -0.15) is 4.31 Å². The van der Waals surface area contributed by atoms with Crippen molar-refractivity contribution in [3.05, 3.63) is 60.7 Å². The third-order valence-electron chi connectivity index (χ3n) is 5.72. The van der Waals surface area contributed by atoms with Crippen LogP contribution in [0.3, 0.4) is 0 Å². The summed E-state index contributed by atoms with van der Waals surface area (Å²) in [6, 6.07) is 17.9. The standard InChI is InChI=1S/C24H25NO6S/c1-29-22-10-9-21(16-23(22)30-2)32(27,28)25-13-11-18(12-14-25)24(26)31-20-8-7-17-5-3-4-6-19(17)15-20/h3-10,15-16,18H,11-14H2,1-2H3. The number of methoxy groups -OCH3 is 2. The molecule has 8 heteroatoms. The molecule has 1 aliphatic heterocycles. The molecule has 7 nitrogen and oxygen atoms in total. The summed E-state index contributed by atoms with van der Waals surface area (Å²) in [6.45, 7) is 0.488. The lowest BCUT2D eigenvalue weighted by Gasteiger charge is -2.30. The molecule has 3 aromatic carbocycles. The maximum atomic E-state index is 13.1. The Kier molecular flexibility index (Phi) is 6.34. The Balaban J connectivity index is 1.41. The van der Waals surface area contributed by atoms with E-state index in [1.807, 2.05) is 36.4 Å². The molecule has 0 unspecified atom stereocenters. The van der Waals surface area contributed by atoms with Gasteiger partial charge < -0.3 is 14.2 Å². The molecule has 1 aliphatic rings. The quantitative estimate of drug-likeness (QED) is 0.415. The predicted octanol–water partition coefficient (Wildman–Crippen LogP) is 3.86. The van der Waals surface area contributed by atoms with E-state index in [4.69, 9.17) is 14.2 Å². The maximum Gasteiger partial charge on any atom is 0.314 e. The zero-order chi connectivity index (χ0) is 22.7. The van der Waals surface area contributed by atoms with E-state index < -0.39 is 10.0 Å². The number of piperidine rings is 1. The number of benzene rings is 3. The molecule has 1 saturated heterocycles.